The molecule has 0 saturated heterocycles. The van der Waals surface area contributed by atoms with E-state index in [1.165, 1.54) is 6.34 Å². The Morgan fingerprint density at radius 3 is 2.87 bits per heavy atom. The molecule has 7 heteroatoms. The fourth-order valence-corrected chi connectivity index (χ4v) is 1.93. The minimum absolute atomic E-state index is 0.261. The molecule has 1 heterocycles. The van der Waals surface area contributed by atoms with Gasteiger partial charge in [0.15, 0.2) is 0 Å². The number of nitrogens with zero attached hydrogens (tertiary/aromatic N) is 2. The second-order valence-corrected chi connectivity index (χ2v) is 3.87. The molecular formula is C8H10F3N3S. The van der Waals surface area contributed by atoms with Crippen LogP contribution in [0.15, 0.2) is 21.1 Å². The van der Waals surface area contributed by atoms with Crippen LogP contribution in [0, 0.1) is 0 Å². The van der Waals surface area contributed by atoms with Crippen LogP contribution in [0.2, 0.25) is 0 Å². The summed E-state index contributed by atoms with van der Waals surface area (Å²) in [5.74, 6) is 0. The number of thioether (sulfide) groups is 1. The second kappa shape index (κ2) is 5.20. The van der Waals surface area contributed by atoms with Crippen molar-refractivity contribution in [3.8, 4) is 0 Å². The number of nitrogens with one attached hydrogen (secondary N) is 1. The maximum Gasteiger partial charge on any atom is 0.431 e. The van der Waals surface area contributed by atoms with Gasteiger partial charge in [0, 0.05) is 12.0 Å². The lowest BCUT2D eigenvalue weighted by Crippen LogP contribution is -2.29. The third-order valence-corrected chi connectivity index (χ3v) is 2.71. The summed E-state index contributed by atoms with van der Waals surface area (Å²) in [5, 5.41) is 3.22. The summed E-state index contributed by atoms with van der Waals surface area (Å²) in [5.41, 5.74) is -0.677. The Morgan fingerprint density at radius 1 is 1.60 bits per heavy atom. The number of halogens is 3. The van der Waals surface area contributed by atoms with Crippen LogP contribution in [0.25, 0.3) is 0 Å². The average Bonchev–Trinajstić information content (AvgIpc) is 2.60. The van der Waals surface area contributed by atoms with Crippen molar-refractivity contribution in [1.29, 1.82) is 0 Å². The molecule has 0 amide bonds. The van der Waals surface area contributed by atoms with Crippen LogP contribution in [0.4, 0.5) is 13.2 Å². The van der Waals surface area contributed by atoms with Crippen LogP contribution >= 0.6 is 11.8 Å². The van der Waals surface area contributed by atoms with Crippen molar-refractivity contribution in [3.63, 3.8) is 0 Å². The van der Waals surface area contributed by atoms with Gasteiger partial charge in [0.2, 0.25) is 0 Å². The standard InChI is InChI=1S/C8H10F3N3S/c1-12-5-13-3-2-7-14-6(4-15-7)8(9,10)11/h4-5,7,14H,1-3H2/b13-5-. The normalized spacial score (nSPS) is 21.5. The van der Waals surface area contributed by atoms with Crippen LogP contribution in [0.3, 0.4) is 0 Å². The molecule has 0 aromatic carbocycles. The van der Waals surface area contributed by atoms with Crippen molar-refractivity contribution in [2.24, 2.45) is 9.98 Å². The topological polar surface area (TPSA) is 36.8 Å². The second-order valence-electron chi connectivity index (χ2n) is 2.79. The number of allylic oxidation sites excluding steroid dienone is 1. The molecule has 0 fully saturated rings. The molecule has 3 nitrogen and oxygen atoms in total. The Hall–Kier alpha value is -0.980. The molecule has 84 valence electrons. The van der Waals surface area contributed by atoms with Gasteiger partial charge < -0.3 is 5.32 Å². The van der Waals surface area contributed by atoms with Crippen LogP contribution < -0.4 is 5.32 Å². The molecule has 1 atom stereocenters. The first-order valence-electron chi connectivity index (χ1n) is 4.17. The molecule has 0 saturated carbocycles. The molecule has 15 heavy (non-hydrogen) atoms. The van der Waals surface area contributed by atoms with E-state index in [1.807, 2.05) is 0 Å². The highest BCUT2D eigenvalue weighted by Crippen LogP contribution is 2.33. The first kappa shape index (κ1) is 12.1. The maximum absolute atomic E-state index is 12.2. The first-order chi connectivity index (χ1) is 7.04. The Bertz CT molecular complexity index is 285. The number of aliphatic imine (C=N–C) groups is 2. The zero-order valence-corrected chi connectivity index (χ0v) is 8.61. The molecular weight excluding hydrogens is 227 g/mol. The minimum Gasteiger partial charge on any atom is -0.369 e. The van der Waals surface area contributed by atoms with Crippen LogP contribution in [-0.2, 0) is 0 Å². The molecule has 0 aromatic rings. The number of hydrogen-bond acceptors (Lipinski definition) is 3. The molecule has 1 N–H and O–H groups in total. The Labute approximate surface area is 89.6 Å². The summed E-state index contributed by atoms with van der Waals surface area (Å²) < 4.78 is 36.5. The Kier molecular flexibility index (Phi) is 4.19. The van der Waals surface area contributed by atoms with Gasteiger partial charge in [0.1, 0.15) is 12.0 Å². The van der Waals surface area contributed by atoms with Gasteiger partial charge in [-0.25, -0.2) is 0 Å². The predicted molar refractivity (Wildman–Crippen MR) is 56.2 cm³/mol. The maximum atomic E-state index is 12.2. The van der Waals surface area contributed by atoms with Crippen molar-refractivity contribution in [2.45, 2.75) is 18.0 Å². The molecule has 1 rings (SSSR count). The van der Waals surface area contributed by atoms with Gasteiger partial charge in [0.25, 0.3) is 0 Å². The molecule has 0 spiro atoms. The van der Waals surface area contributed by atoms with Gasteiger partial charge >= 0.3 is 6.18 Å². The SMILES string of the molecule is C=N/C=N\CCC1NC(C(F)(F)F)=CS1. The summed E-state index contributed by atoms with van der Waals surface area (Å²) in [6.45, 7) is 3.63. The van der Waals surface area contributed by atoms with E-state index in [9.17, 15) is 13.2 Å². The molecule has 1 aliphatic rings. The third kappa shape index (κ3) is 3.94. The lowest BCUT2D eigenvalue weighted by Gasteiger charge is -2.13. The lowest BCUT2D eigenvalue weighted by atomic mass is 10.4. The van der Waals surface area contributed by atoms with Crippen molar-refractivity contribution >= 4 is 24.8 Å². The summed E-state index contributed by atoms with van der Waals surface area (Å²) in [7, 11) is 0. The highest BCUT2D eigenvalue weighted by molar-refractivity contribution is 8.02. The van der Waals surface area contributed by atoms with E-state index in [-0.39, 0.29) is 5.37 Å². The number of hydrogen-bond donors (Lipinski definition) is 1. The summed E-state index contributed by atoms with van der Waals surface area (Å²) in [4.78, 5) is 7.22. The Balaban J connectivity index is 2.28. The quantitative estimate of drug-likeness (QED) is 0.601. The molecule has 0 aliphatic carbocycles. The van der Waals surface area contributed by atoms with E-state index in [2.05, 4.69) is 22.0 Å². The van der Waals surface area contributed by atoms with Crippen LogP contribution in [0.1, 0.15) is 6.42 Å². The van der Waals surface area contributed by atoms with Crippen LogP contribution in [0.5, 0.6) is 0 Å². The van der Waals surface area contributed by atoms with Crippen molar-refractivity contribution in [2.75, 3.05) is 6.54 Å². The molecule has 1 aliphatic heterocycles. The minimum atomic E-state index is -4.28. The first-order valence-corrected chi connectivity index (χ1v) is 5.12. The van der Waals surface area contributed by atoms with E-state index in [1.54, 1.807) is 0 Å². The van der Waals surface area contributed by atoms with Gasteiger partial charge in [0.05, 0.1) is 5.37 Å². The van der Waals surface area contributed by atoms with Crippen LogP contribution in [-0.4, -0.2) is 31.2 Å². The van der Waals surface area contributed by atoms with Crippen molar-refractivity contribution in [1.82, 2.24) is 5.32 Å². The summed E-state index contributed by atoms with van der Waals surface area (Å²) in [6, 6.07) is 0. The van der Waals surface area contributed by atoms with E-state index in [0.29, 0.717) is 13.0 Å². The Morgan fingerprint density at radius 2 is 2.33 bits per heavy atom. The smallest absolute Gasteiger partial charge is 0.369 e. The average molecular weight is 237 g/mol. The zero-order chi connectivity index (χ0) is 11.3. The van der Waals surface area contributed by atoms with E-state index in [0.717, 1.165) is 17.2 Å². The fraction of sp³-hybridized carbons (Fsp3) is 0.500. The monoisotopic (exact) mass is 237 g/mol. The number of rotatable bonds is 4. The van der Waals surface area contributed by atoms with Gasteiger partial charge in [-0.2, -0.15) is 13.2 Å². The number of alkyl halides is 3. The van der Waals surface area contributed by atoms with Gasteiger partial charge in [-0.3, -0.25) is 9.98 Å². The van der Waals surface area contributed by atoms with Gasteiger partial charge in [-0.1, -0.05) is 0 Å². The van der Waals surface area contributed by atoms with Gasteiger partial charge in [-0.15, -0.1) is 11.8 Å². The summed E-state index contributed by atoms with van der Waals surface area (Å²) >= 11 is 1.12. The molecule has 1 unspecified atom stereocenters. The van der Waals surface area contributed by atoms with E-state index >= 15 is 0 Å². The largest absolute Gasteiger partial charge is 0.431 e. The van der Waals surface area contributed by atoms with Crippen molar-refractivity contribution in [3.05, 3.63) is 11.1 Å². The molecule has 0 aromatic heterocycles. The highest BCUT2D eigenvalue weighted by Gasteiger charge is 2.37. The van der Waals surface area contributed by atoms with Crippen molar-refractivity contribution < 1.29 is 13.2 Å². The van der Waals surface area contributed by atoms with E-state index in [4.69, 9.17) is 0 Å². The van der Waals surface area contributed by atoms with Gasteiger partial charge in [-0.05, 0) is 13.1 Å². The molecule has 0 radical (unpaired) electrons. The molecule has 0 bridgehead atoms. The predicted octanol–water partition coefficient (Wildman–Crippen LogP) is 2.17. The third-order valence-electron chi connectivity index (χ3n) is 1.66. The summed E-state index contributed by atoms with van der Waals surface area (Å²) in [6.07, 6.45) is -2.47. The van der Waals surface area contributed by atoms with E-state index < -0.39 is 11.9 Å². The fourth-order valence-electron chi connectivity index (χ4n) is 0.988. The lowest BCUT2D eigenvalue weighted by molar-refractivity contribution is -0.0963. The zero-order valence-electron chi connectivity index (χ0n) is 7.79. The highest BCUT2D eigenvalue weighted by atomic mass is 32.2.